The second-order valence-corrected chi connectivity index (χ2v) is 5.31. The Morgan fingerprint density at radius 1 is 1.28 bits per heavy atom. The summed E-state index contributed by atoms with van der Waals surface area (Å²) in [7, 11) is 0. The lowest BCUT2D eigenvalue weighted by molar-refractivity contribution is -0.105. The zero-order valence-electron chi connectivity index (χ0n) is 10.6. The molecule has 0 bridgehead atoms. The minimum atomic E-state index is -4.13. The Kier molecular flexibility index (Phi) is 5.85. The normalized spacial score (nSPS) is 13.4. The molecule has 1 aromatic carbocycles. The molecule has 0 aromatic heterocycles. The molecule has 1 nitrogen and oxygen atoms in total. The topological polar surface area (TPSA) is 12.0 Å². The predicted octanol–water partition coefficient (Wildman–Crippen LogP) is 4.80. The van der Waals surface area contributed by atoms with E-state index in [-0.39, 0.29) is 0 Å². The quantitative estimate of drug-likeness (QED) is 0.750. The van der Waals surface area contributed by atoms with Crippen molar-refractivity contribution in [2.75, 3.05) is 17.6 Å². The highest BCUT2D eigenvalue weighted by Gasteiger charge is 2.27. The van der Waals surface area contributed by atoms with Crippen molar-refractivity contribution >= 4 is 17.4 Å². The number of anilines is 1. The Hall–Kier alpha value is -0.840. The minimum Gasteiger partial charge on any atom is -0.384 e. The fourth-order valence-electron chi connectivity index (χ4n) is 1.33. The van der Waals surface area contributed by atoms with E-state index in [1.54, 1.807) is 12.1 Å². The van der Waals surface area contributed by atoms with Gasteiger partial charge in [-0.15, -0.1) is 11.8 Å². The lowest BCUT2D eigenvalue weighted by atomic mass is 10.1. The van der Waals surface area contributed by atoms with Crippen LogP contribution in [0.5, 0.6) is 0 Å². The van der Waals surface area contributed by atoms with Gasteiger partial charge in [-0.25, -0.2) is 0 Å². The van der Waals surface area contributed by atoms with Gasteiger partial charge in [0, 0.05) is 17.1 Å². The molecule has 0 aliphatic heterocycles. The molecule has 0 fully saturated rings. The Bertz CT molecular complexity index is 365. The third kappa shape index (κ3) is 5.67. The van der Waals surface area contributed by atoms with Crippen LogP contribution in [0.2, 0.25) is 0 Å². The summed E-state index contributed by atoms with van der Waals surface area (Å²) in [5.41, 5.74) is 0.784. The van der Waals surface area contributed by atoms with E-state index < -0.39 is 11.9 Å². The van der Waals surface area contributed by atoms with Crippen LogP contribution in [-0.4, -0.2) is 18.5 Å². The average molecular weight is 277 g/mol. The first-order valence-corrected chi connectivity index (χ1v) is 6.93. The molecule has 18 heavy (non-hydrogen) atoms. The first-order valence-electron chi connectivity index (χ1n) is 5.95. The number of rotatable bonds is 6. The standard InChI is InChI=1S/C13H18F3NS/c1-3-10(2)8-17-11-6-4-5-7-12(11)18-9-13(14,15)16/h4-7,10,17H,3,8-9H2,1-2H3. The number of halogens is 3. The Balaban J connectivity index is 2.62. The van der Waals surface area contributed by atoms with Crippen LogP contribution in [0.1, 0.15) is 20.3 Å². The SMILES string of the molecule is CCC(C)CNc1ccccc1SCC(F)(F)F. The fraction of sp³-hybridized carbons (Fsp3) is 0.538. The van der Waals surface area contributed by atoms with Crippen LogP contribution in [0, 0.1) is 5.92 Å². The maximum Gasteiger partial charge on any atom is 0.398 e. The molecule has 1 rings (SSSR count). The van der Waals surface area contributed by atoms with Crippen molar-refractivity contribution in [3.8, 4) is 0 Å². The number of hydrogen-bond donors (Lipinski definition) is 1. The number of alkyl halides is 3. The number of hydrogen-bond acceptors (Lipinski definition) is 2. The Labute approximate surface area is 110 Å². The molecule has 0 aliphatic carbocycles. The molecule has 1 unspecified atom stereocenters. The molecule has 0 amide bonds. The molecule has 0 spiro atoms. The highest BCUT2D eigenvalue weighted by molar-refractivity contribution is 7.99. The lowest BCUT2D eigenvalue weighted by Crippen LogP contribution is -2.12. The van der Waals surface area contributed by atoms with Crippen molar-refractivity contribution in [2.45, 2.75) is 31.3 Å². The highest BCUT2D eigenvalue weighted by Crippen LogP contribution is 2.32. The van der Waals surface area contributed by atoms with Crippen molar-refractivity contribution in [1.82, 2.24) is 0 Å². The molecular formula is C13H18F3NS. The Morgan fingerprint density at radius 2 is 1.94 bits per heavy atom. The van der Waals surface area contributed by atoms with E-state index in [0.29, 0.717) is 10.8 Å². The smallest absolute Gasteiger partial charge is 0.384 e. The summed E-state index contributed by atoms with van der Waals surface area (Å²) in [6.07, 6.45) is -3.08. The minimum absolute atomic E-state index is 0.505. The van der Waals surface area contributed by atoms with Crippen molar-refractivity contribution < 1.29 is 13.2 Å². The number of nitrogens with one attached hydrogen (secondary N) is 1. The van der Waals surface area contributed by atoms with Crippen LogP contribution in [0.4, 0.5) is 18.9 Å². The van der Waals surface area contributed by atoms with Gasteiger partial charge in [-0.2, -0.15) is 13.2 Å². The highest BCUT2D eigenvalue weighted by atomic mass is 32.2. The zero-order valence-corrected chi connectivity index (χ0v) is 11.4. The van der Waals surface area contributed by atoms with E-state index in [4.69, 9.17) is 0 Å². The number of benzene rings is 1. The zero-order chi connectivity index (χ0) is 13.6. The lowest BCUT2D eigenvalue weighted by Gasteiger charge is -2.15. The molecule has 0 saturated heterocycles. The summed E-state index contributed by atoms with van der Waals surface area (Å²) >= 11 is 0.826. The maximum absolute atomic E-state index is 12.2. The summed E-state index contributed by atoms with van der Waals surface area (Å²) in [5.74, 6) is -0.347. The van der Waals surface area contributed by atoms with Gasteiger partial charge in [0.15, 0.2) is 0 Å². The summed E-state index contributed by atoms with van der Waals surface area (Å²) < 4.78 is 36.6. The van der Waals surface area contributed by atoms with E-state index in [9.17, 15) is 13.2 Å². The van der Waals surface area contributed by atoms with E-state index in [2.05, 4.69) is 19.2 Å². The summed E-state index contributed by atoms with van der Waals surface area (Å²) in [6, 6.07) is 7.13. The summed E-state index contributed by atoms with van der Waals surface area (Å²) in [4.78, 5) is 0.651. The second-order valence-electron chi connectivity index (χ2n) is 4.29. The van der Waals surface area contributed by atoms with Crippen LogP contribution in [-0.2, 0) is 0 Å². The van der Waals surface area contributed by atoms with Gasteiger partial charge in [0.1, 0.15) is 0 Å². The average Bonchev–Trinajstić information content (AvgIpc) is 2.33. The van der Waals surface area contributed by atoms with Gasteiger partial charge < -0.3 is 5.32 Å². The monoisotopic (exact) mass is 277 g/mol. The maximum atomic E-state index is 12.2. The van der Waals surface area contributed by atoms with Crippen molar-refractivity contribution in [2.24, 2.45) is 5.92 Å². The molecule has 5 heteroatoms. The first-order chi connectivity index (χ1) is 8.42. The van der Waals surface area contributed by atoms with Gasteiger partial charge in [0.05, 0.1) is 5.75 Å². The summed E-state index contributed by atoms with van der Waals surface area (Å²) in [6.45, 7) is 4.98. The predicted molar refractivity (Wildman–Crippen MR) is 71.2 cm³/mol. The van der Waals surface area contributed by atoms with Crippen LogP contribution in [0.3, 0.4) is 0 Å². The van der Waals surface area contributed by atoms with Gasteiger partial charge in [-0.1, -0.05) is 32.4 Å². The molecule has 1 N–H and O–H groups in total. The third-order valence-electron chi connectivity index (χ3n) is 2.62. The number of thioether (sulfide) groups is 1. The van der Waals surface area contributed by atoms with E-state index in [1.807, 2.05) is 12.1 Å². The molecule has 102 valence electrons. The van der Waals surface area contributed by atoms with E-state index in [1.165, 1.54) is 0 Å². The molecule has 0 saturated carbocycles. The second kappa shape index (κ2) is 6.92. The third-order valence-corrected chi connectivity index (χ3v) is 3.75. The van der Waals surface area contributed by atoms with Gasteiger partial charge in [-0.05, 0) is 18.1 Å². The molecule has 1 atom stereocenters. The Morgan fingerprint density at radius 3 is 2.56 bits per heavy atom. The molecule has 0 aliphatic rings. The van der Waals surface area contributed by atoms with Crippen LogP contribution < -0.4 is 5.32 Å². The van der Waals surface area contributed by atoms with E-state index in [0.717, 1.165) is 30.4 Å². The van der Waals surface area contributed by atoms with Crippen molar-refractivity contribution in [3.05, 3.63) is 24.3 Å². The van der Waals surface area contributed by atoms with Crippen LogP contribution in [0.25, 0.3) is 0 Å². The largest absolute Gasteiger partial charge is 0.398 e. The first kappa shape index (κ1) is 15.2. The van der Waals surface area contributed by atoms with Gasteiger partial charge in [0.2, 0.25) is 0 Å². The molecular weight excluding hydrogens is 259 g/mol. The van der Waals surface area contributed by atoms with Gasteiger partial charge in [-0.3, -0.25) is 0 Å². The van der Waals surface area contributed by atoms with Crippen molar-refractivity contribution in [1.29, 1.82) is 0 Å². The van der Waals surface area contributed by atoms with Gasteiger partial charge >= 0.3 is 6.18 Å². The number of para-hydroxylation sites is 1. The fourth-order valence-corrected chi connectivity index (χ4v) is 2.12. The van der Waals surface area contributed by atoms with Crippen LogP contribution >= 0.6 is 11.8 Å². The molecule has 1 aromatic rings. The van der Waals surface area contributed by atoms with Gasteiger partial charge in [0.25, 0.3) is 0 Å². The van der Waals surface area contributed by atoms with Crippen LogP contribution in [0.15, 0.2) is 29.2 Å². The molecule has 0 heterocycles. The summed E-state index contributed by atoms with van der Waals surface area (Å²) in [5, 5.41) is 3.21. The van der Waals surface area contributed by atoms with E-state index >= 15 is 0 Å². The molecule has 0 radical (unpaired) electrons. The van der Waals surface area contributed by atoms with Crippen molar-refractivity contribution in [3.63, 3.8) is 0 Å².